The quantitative estimate of drug-likeness (QED) is 0.551. The molecule has 1 heterocycles. The van der Waals surface area contributed by atoms with Crippen LogP contribution in [0.5, 0.6) is 0 Å². The van der Waals surface area contributed by atoms with Gasteiger partial charge in [0, 0.05) is 18.3 Å². The number of nitrogen functional groups attached to an aromatic ring is 1. The highest BCUT2D eigenvalue weighted by atomic mass is 16.5. The summed E-state index contributed by atoms with van der Waals surface area (Å²) in [5.74, 6) is -1.79. The molecular formula is C13H16N2O4. The number of rotatable bonds is 3. The number of carbonyl (C=O) groups is 2. The molecule has 4 N–H and O–H groups in total. The van der Waals surface area contributed by atoms with Gasteiger partial charge in [0.15, 0.2) is 0 Å². The van der Waals surface area contributed by atoms with Crippen molar-refractivity contribution in [2.75, 3.05) is 19.4 Å². The predicted octanol–water partition coefficient (Wildman–Crippen LogP) is 0.791. The molecule has 0 aliphatic carbocycles. The van der Waals surface area contributed by atoms with Gasteiger partial charge in [-0.05, 0) is 18.1 Å². The smallest absolute Gasteiger partial charge is 0.340 e. The van der Waals surface area contributed by atoms with Crippen molar-refractivity contribution < 1.29 is 19.4 Å². The standard InChI is InChI=1S/C13H16N2O4/c1-19-13(18)11-8(3-2-4-9(11)14)10-5-7(6-15-10)12(16)17/h2-4,7,10,15H,5-6,14H2,1H3,(H,16,17). The first-order chi connectivity index (χ1) is 9.04. The average Bonchev–Trinajstić information content (AvgIpc) is 2.87. The Morgan fingerprint density at radius 2 is 2.21 bits per heavy atom. The summed E-state index contributed by atoms with van der Waals surface area (Å²) in [6.07, 6.45) is 0.433. The molecule has 1 aliphatic heterocycles. The third-order valence-corrected chi connectivity index (χ3v) is 3.37. The summed E-state index contributed by atoms with van der Waals surface area (Å²) in [6, 6.07) is 4.94. The van der Waals surface area contributed by atoms with Gasteiger partial charge in [0.25, 0.3) is 0 Å². The van der Waals surface area contributed by atoms with E-state index in [2.05, 4.69) is 5.32 Å². The molecule has 1 aromatic carbocycles. The number of benzene rings is 1. The highest BCUT2D eigenvalue weighted by Gasteiger charge is 2.32. The Hall–Kier alpha value is -2.08. The minimum atomic E-state index is -0.835. The molecule has 6 nitrogen and oxygen atoms in total. The van der Waals surface area contributed by atoms with Gasteiger partial charge in [-0.2, -0.15) is 0 Å². The van der Waals surface area contributed by atoms with Gasteiger partial charge in [-0.25, -0.2) is 4.79 Å². The first-order valence-corrected chi connectivity index (χ1v) is 5.97. The Balaban J connectivity index is 2.33. The fraction of sp³-hybridized carbons (Fsp3) is 0.385. The van der Waals surface area contributed by atoms with Gasteiger partial charge in [-0.1, -0.05) is 12.1 Å². The SMILES string of the molecule is COC(=O)c1c(N)cccc1C1CC(C(=O)O)CN1. The van der Waals surface area contributed by atoms with Crippen LogP contribution in [0.15, 0.2) is 18.2 Å². The molecule has 2 unspecified atom stereocenters. The van der Waals surface area contributed by atoms with Gasteiger partial charge in [0.05, 0.1) is 18.6 Å². The van der Waals surface area contributed by atoms with E-state index in [1.165, 1.54) is 7.11 Å². The van der Waals surface area contributed by atoms with E-state index in [0.717, 1.165) is 0 Å². The lowest BCUT2D eigenvalue weighted by Gasteiger charge is -2.16. The maximum atomic E-state index is 11.8. The van der Waals surface area contributed by atoms with Crippen molar-refractivity contribution in [2.45, 2.75) is 12.5 Å². The van der Waals surface area contributed by atoms with Crippen molar-refractivity contribution in [3.8, 4) is 0 Å². The zero-order valence-electron chi connectivity index (χ0n) is 10.6. The van der Waals surface area contributed by atoms with Crippen LogP contribution in [-0.2, 0) is 9.53 Å². The topological polar surface area (TPSA) is 102 Å². The van der Waals surface area contributed by atoms with E-state index < -0.39 is 17.9 Å². The fourth-order valence-electron chi connectivity index (χ4n) is 2.38. The third-order valence-electron chi connectivity index (χ3n) is 3.37. The zero-order chi connectivity index (χ0) is 14.0. The third kappa shape index (κ3) is 2.53. The Bertz CT molecular complexity index is 515. The number of aliphatic carboxylic acids is 1. The van der Waals surface area contributed by atoms with Gasteiger partial charge >= 0.3 is 11.9 Å². The lowest BCUT2D eigenvalue weighted by Crippen LogP contribution is -2.19. The van der Waals surface area contributed by atoms with Crippen LogP contribution in [0.2, 0.25) is 0 Å². The summed E-state index contributed by atoms with van der Waals surface area (Å²) in [5.41, 5.74) is 7.16. The number of methoxy groups -OCH3 is 1. The Kier molecular flexibility index (Phi) is 3.71. The van der Waals surface area contributed by atoms with Crippen LogP contribution in [-0.4, -0.2) is 30.7 Å². The highest BCUT2D eigenvalue weighted by molar-refractivity contribution is 5.96. The van der Waals surface area contributed by atoms with Crippen molar-refractivity contribution in [1.29, 1.82) is 0 Å². The van der Waals surface area contributed by atoms with Crippen LogP contribution >= 0.6 is 0 Å². The Labute approximate surface area is 110 Å². The van der Waals surface area contributed by atoms with Gasteiger partial charge in [-0.3, -0.25) is 4.79 Å². The molecule has 2 atom stereocenters. The summed E-state index contributed by atoms with van der Waals surface area (Å²) in [7, 11) is 1.29. The van der Waals surface area contributed by atoms with Crippen LogP contribution < -0.4 is 11.1 Å². The van der Waals surface area contributed by atoms with E-state index in [-0.39, 0.29) is 6.04 Å². The van der Waals surface area contributed by atoms with E-state index in [1.54, 1.807) is 18.2 Å². The number of esters is 1. The molecule has 2 rings (SSSR count). The maximum Gasteiger partial charge on any atom is 0.340 e. The second-order valence-corrected chi connectivity index (χ2v) is 4.53. The number of carbonyl (C=O) groups excluding carboxylic acids is 1. The molecule has 1 aliphatic rings. The summed E-state index contributed by atoms with van der Waals surface area (Å²) >= 11 is 0. The molecule has 0 aromatic heterocycles. The van der Waals surface area contributed by atoms with Gasteiger partial charge < -0.3 is 20.9 Å². The van der Waals surface area contributed by atoms with E-state index >= 15 is 0 Å². The lowest BCUT2D eigenvalue weighted by molar-refractivity contribution is -0.141. The summed E-state index contributed by atoms with van der Waals surface area (Å²) in [6.45, 7) is 0.384. The molecule has 6 heteroatoms. The first-order valence-electron chi connectivity index (χ1n) is 5.97. The largest absolute Gasteiger partial charge is 0.481 e. The minimum absolute atomic E-state index is 0.196. The van der Waals surface area contributed by atoms with Crippen LogP contribution in [0.1, 0.15) is 28.4 Å². The Morgan fingerprint density at radius 3 is 2.79 bits per heavy atom. The molecule has 0 saturated carbocycles. The molecule has 1 saturated heterocycles. The van der Waals surface area contributed by atoms with Crippen molar-refractivity contribution in [1.82, 2.24) is 5.32 Å². The number of nitrogens with one attached hydrogen (secondary N) is 1. The van der Waals surface area contributed by atoms with Gasteiger partial charge in [-0.15, -0.1) is 0 Å². The van der Waals surface area contributed by atoms with E-state index in [0.29, 0.717) is 29.8 Å². The minimum Gasteiger partial charge on any atom is -0.481 e. The van der Waals surface area contributed by atoms with E-state index in [1.807, 2.05) is 0 Å². The van der Waals surface area contributed by atoms with Crippen LogP contribution in [0.25, 0.3) is 0 Å². The fourth-order valence-corrected chi connectivity index (χ4v) is 2.38. The monoisotopic (exact) mass is 264 g/mol. The summed E-state index contributed by atoms with van der Waals surface area (Å²) in [5, 5.41) is 12.1. The zero-order valence-corrected chi connectivity index (χ0v) is 10.6. The second kappa shape index (κ2) is 5.27. The summed E-state index contributed by atoms with van der Waals surface area (Å²) < 4.78 is 4.73. The lowest BCUT2D eigenvalue weighted by atomic mass is 9.95. The van der Waals surface area contributed by atoms with Crippen molar-refractivity contribution in [3.05, 3.63) is 29.3 Å². The molecule has 102 valence electrons. The van der Waals surface area contributed by atoms with Crippen molar-refractivity contribution in [3.63, 3.8) is 0 Å². The first kappa shape index (κ1) is 13.4. The van der Waals surface area contributed by atoms with Crippen molar-refractivity contribution in [2.24, 2.45) is 5.92 Å². The number of anilines is 1. The number of carboxylic acids is 1. The van der Waals surface area contributed by atoms with Gasteiger partial charge in [0.2, 0.25) is 0 Å². The molecule has 0 spiro atoms. The number of carboxylic acid groups (broad SMARTS) is 1. The average molecular weight is 264 g/mol. The van der Waals surface area contributed by atoms with Crippen molar-refractivity contribution >= 4 is 17.6 Å². The number of hydrogen-bond acceptors (Lipinski definition) is 5. The number of ether oxygens (including phenoxy) is 1. The van der Waals surface area contributed by atoms with Crippen LogP contribution in [0, 0.1) is 5.92 Å². The second-order valence-electron chi connectivity index (χ2n) is 4.53. The number of nitrogens with two attached hydrogens (primary N) is 1. The molecule has 19 heavy (non-hydrogen) atoms. The maximum absolute atomic E-state index is 11.8. The van der Waals surface area contributed by atoms with Crippen LogP contribution in [0.3, 0.4) is 0 Å². The highest BCUT2D eigenvalue weighted by Crippen LogP contribution is 2.32. The number of hydrogen-bond donors (Lipinski definition) is 3. The molecule has 1 aromatic rings. The van der Waals surface area contributed by atoms with E-state index in [4.69, 9.17) is 15.6 Å². The molecule has 1 fully saturated rings. The van der Waals surface area contributed by atoms with E-state index in [9.17, 15) is 9.59 Å². The predicted molar refractivity (Wildman–Crippen MR) is 68.7 cm³/mol. The van der Waals surface area contributed by atoms with Gasteiger partial charge in [0.1, 0.15) is 0 Å². The normalized spacial score (nSPS) is 22.2. The van der Waals surface area contributed by atoms with Crippen LogP contribution in [0.4, 0.5) is 5.69 Å². The molecule has 0 amide bonds. The molecule has 0 radical (unpaired) electrons. The summed E-state index contributed by atoms with van der Waals surface area (Å²) in [4.78, 5) is 22.7. The Morgan fingerprint density at radius 1 is 1.47 bits per heavy atom. The molecular weight excluding hydrogens is 248 g/mol. The molecule has 0 bridgehead atoms.